The summed E-state index contributed by atoms with van der Waals surface area (Å²) in [5.41, 5.74) is 0.275. The first-order valence-electron chi connectivity index (χ1n) is 7.91. The Morgan fingerprint density at radius 3 is 1.95 bits per heavy atom. The van der Waals surface area contributed by atoms with Crippen molar-refractivity contribution in [2.75, 3.05) is 0 Å². The third-order valence-corrected chi connectivity index (χ3v) is 3.34. The molecule has 1 aromatic rings. The van der Waals surface area contributed by atoms with Gasteiger partial charge in [0.05, 0.1) is 0 Å². The molecule has 1 aromatic carbocycles. The Balaban J connectivity index is 2.79. The quantitative estimate of drug-likeness (QED) is 0.687. The third kappa shape index (κ3) is 6.24. The van der Waals surface area contributed by atoms with Gasteiger partial charge in [-0.15, -0.1) is 0 Å². The maximum absolute atomic E-state index is 13.9. The predicted octanol–water partition coefficient (Wildman–Crippen LogP) is 3.44. The van der Waals surface area contributed by atoms with Gasteiger partial charge in [-0.1, -0.05) is 44.9 Å². The third-order valence-electron chi connectivity index (χ3n) is 3.34. The molecule has 0 aromatic heterocycles. The number of halogens is 1. The van der Waals surface area contributed by atoms with Gasteiger partial charge >= 0.3 is 0 Å². The molecular formula is C17H25FN2O2. The maximum atomic E-state index is 13.9. The molecule has 0 aliphatic carbocycles. The molecule has 2 N–H and O–H groups in total. The number of carbonyl (C=O) groups excluding carboxylic acids is 2. The molecule has 0 radical (unpaired) electrons. The molecule has 0 unspecified atom stereocenters. The zero-order valence-corrected chi connectivity index (χ0v) is 13.3. The number of carbonyl (C=O) groups is 2. The molecule has 0 heterocycles. The highest BCUT2D eigenvalue weighted by atomic mass is 19.1. The Morgan fingerprint density at radius 2 is 1.50 bits per heavy atom. The molecule has 4 nitrogen and oxygen atoms in total. The monoisotopic (exact) mass is 308 g/mol. The zero-order chi connectivity index (χ0) is 16.4. The Kier molecular flexibility index (Phi) is 8.18. The predicted molar refractivity (Wildman–Crippen MR) is 84.5 cm³/mol. The summed E-state index contributed by atoms with van der Waals surface area (Å²) in [4.78, 5) is 23.8. The van der Waals surface area contributed by atoms with Crippen molar-refractivity contribution in [2.45, 2.75) is 58.5 Å². The summed E-state index contributed by atoms with van der Waals surface area (Å²) >= 11 is 0. The van der Waals surface area contributed by atoms with E-state index in [1.807, 2.05) is 13.8 Å². The van der Waals surface area contributed by atoms with Crippen LogP contribution in [0.25, 0.3) is 0 Å². The van der Waals surface area contributed by atoms with Gasteiger partial charge in [-0.25, -0.2) is 4.39 Å². The van der Waals surface area contributed by atoms with Crippen LogP contribution in [-0.2, 0) is 9.59 Å². The van der Waals surface area contributed by atoms with Crippen LogP contribution in [0, 0.1) is 5.82 Å². The van der Waals surface area contributed by atoms with Crippen molar-refractivity contribution in [3.8, 4) is 0 Å². The van der Waals surface area contributed by atoms with E-state index in [9.17, 15) is 14.0 Å². The fraction of sp³-hybridized carbons (Fsp3) is 0.529. The van der Waals surface area contributed by atoms with E-state index in [2.05, 4.69) is 10.6 Å². The average molecular weight is 308 g/mol. The van der Waals surface area contributed by atoms with Crippen molar-refractivity contribution in [3.63, 3.8) is 0 Å². The van der Waals surface area contributed by atoms with Gasteiger partial charge in [0.15, 0.2) is 0 Å². The second kappa shape index (κ2) is 9.92. The zero-order valence-electron chi connectivity index (χ0n) is 13.3. The van der Waals surface area contributed by atoms with Gasteiger partial charge in [0.2, 0.25) is 11.8 Å². The van der Waals surface area contributed by atoms with E-state index in [0.717, 1.165) is 25.7 Å². The van der Waals surface area contributed by atoms with E-state index in [1.54, 1.807) is 18.2 Å². The molecule has 0 atom stereocenters. The van der Waals surface area contributed by atoms with Crippen LogP contribution in [0.2, 0.25) is 0 Å². The van der Waals surface area contributed by atoms with Crippen molar-refractivity contribution >= 4 is 11.8 Å². The summed E-state index contributed by atoms with van der Waals surface area (Å²) in [7, 11) is 0. The molecule has 5 heteroatoms. The fourth-order valence-corrected chi connectivity index (χ4v) is 2.04. The summed E-state index contributed by atoms with van der Waals surface area (Å²) in [6.07, 6.45) is 3.24. The van der Waals surface area contributed by atoms with Gasteiger partial charge in [0.25, 0.3) is 0 Å². The molecule has 0 aliphatic rings. The Morgan fingerprint density at radius 1 is 1.00 bits per heavy atom. The molecule has 22 heavy (non-hydrogen) atoms. The number of nitrogens with one attached hydrogen (secondary N) is 2. The average Bonchev–Trinajstić information content (AvgIpc) is 2.50. The number of amides is 2. The molecule has 0 saturated carbocycles. The Labute approximate surface area is 131 Å². The highest BCUT2D eigenvalue weighted by molar-refractivity contribution is 5.79. The molecule has 0 bridgehead atoms. The van der Waals surface area contributed by atoms with E-state index in [-0.39, 0.29) is 17.4 Å². The minimum Gasteiger partial charge on any atom is -0.332 e. The topological polar surface area (TPSA) is 58.2 Å². The van der Waals surface area contributed by atoms with Crippen molar-refractivity contribution in [1.82, 2.24) is 10.6 Å². The van der Waals surface area contributed by atoms with Gasteiger partial charge in [0, 0.05) is 18.4 Å². The molecule has 122 valence electrons. The molecular weight excluding hydrogens is 283 g/mol. The number of hydrogen-bond acceptors (Lipinski definition) is 2. The number of unbranched alkanes of at least 4 members (excludes halogenated alkanes) is 2. The normalized spacial score (nSPS) is 10.5. The standard InChI is InChI=1S/C17H25FN2O2/c1-3-5-11-15(21)19-17(20-16(22)12-6-4-2)13-9-7-8-10-14(13)18/h7-10,17H,3-6,11-12H2,1-2H3,(H,19,21)(H,20,22). The van der Waals surface area contributed by atoms with E-state index in [1.165, 1.54) is 6.07 Å². The summed E-state index contributed by atoms with van der Waals surface area (Å²) in [5.74, 6) is -0.823. The minimum absolute atomic E-state index is 0.189. The molecule has 1 rings (SSSR count). The van der Waals surface area contributed by atoms with Crippen LogP contribution < -0.4 is 10.6 Å². The SMILES string of the molecule is CCCCC(=O)NC(NC(=O)CCCC)c1ccccc1F. The van der Waals surface area contributed by atoms with Crippen LogP contribution in [0.1, 0.15) is 64.1 Å². The van der Waals surface area contributed by atoms with E-state index >= 15 is 0 Å². The molecule has 0 fully saturated rings. The second-order valence-corrected chi connectivity index (χ2v) is 5.30. The number of hydrogen-bond donors (Lipinski definition) is 2. The van der Waals surface area contributed by atoms with Crippen molar-refractivity contribution in [1.29, 1.82) is 0 Å². The Hall–Kier alpha value is -1.91. The molecule has 0 aliphatic heterocycles. The lowest BCUT2D eigenvalue weighted by Gasteiger charge is -2.21. The lowest BCUT2D eigenvalue weighted by Crippen LogP contribution is -2.41. The first kappa shape index (κ1) is 18.1. The molecule has 2 amide bonds. The van der Waals surface area contributed by atoms with Crippen molar-refractivity contribution in [2.24, 2.45) is 0 Å². The second-order valence-electron chi connectivity index (χ2n) is 5.30. The van der Waals surface area contributed by atoms with Gasteiger partial charge in [-0.05, 0) is 18.9 Å². The maximum Gasteiger partial charge on any atom is 0.221 e. The van der Waals surface area contributed by atoms with E-state index < -0.39 is 12.0 Å². The van der Waals surface area contributed by atoms with Crippen LogP contribution in [-0.4, -0.2) is 11.8 Å². The van der Waals surface area contributed by atoms with Crippen LogP contribution >= 0.6 is 0 Å². The van der Waals surface area contributed by atoms with E-state index in [0.29, 0.717) is 12.8 Å². The van der Waals surface area contributed by atoms with Crippen molar-refractivity contribution < 1.29 is 14.0 Å². The van der Waals surface area contributed by atoms with Crippen LogP contribution in [0.4, 0.5) is 4.39 Å². The molecule has 0 saturated heterocycles. The largest absolute Gasteiger partial charge is 0.332 e. The minimum atomic E-state index is -0.824. The van der Waals surface area contributed by atoms with Gasteiger partial charge in [-0.2, -0.15) is 0 Å². The first-order chi connectivity index (χ1) is 10.6. The molecule has 0 spiro atoms. The number of benzene rings is 1. The van der Waals surface area contributed by atoms with Gasteiger partial charge < -0.3 is 10.6 Å². The highest BCUT2D eigenvalue weighted by Crippen LogP contribution is 2.15. The summed E-state index contributed by atoms with van der Waals surface area (Å²) in [6, 6.07) is 6.15. The van der Waals surface area contributed by atoms with E-state index in [4.69, 9.17) is 0 Å². The highest BCUT2D eigenvalue weighted by Gasteiger charge is 2.19. The Bertz CT molecular complexity index is 469. The fourth-order valence-electron chi connectivity index (χ4n) is 2.04. The van der Waals surface area contributed by atoms with Crippen molar-refractivity contribution in [3.05, 3.63) is 35.6 Å². The summed E-state index contributed by atoms with van der Waals surface area (Å²) in [6.45, 7) is 3.99. The van der Waals surface area contributed by atoms with Gasteiger partial charge in [-0.3, -0.25) is 9.59 Å². The first-order valence-corrected chi connectivity index (χ1v) is 7.91. The van der Waals surface area contributed by atoms with Crippen LogP contribution in [0.3, 0.4) is 0 Å². The summed E-state index contributed by atoms with van der Waals surface area (Å²) < 4.78 is 13.9. The van der Waals surface area contributed by atoms with Crippen LogP contribution in [0.15, 0.2) is 24.3 Å². The number of rotatable bonds is 9. The van der Waals surface area contributed by atoms with Crippen LogP contribution in [0.5, 0.6) is 0 Å². The lowest BCUT2D eigenvalue weighted by atomic mass is 10.1. The van der Waals surface area contributed by atoms with Gasteiger partial charge in [0.1, 0.15) is 12.0 Å². The lowest BCUT2D eigenvalue weighted by molar-refractivity contribution is -0.124. The summed E-state index contributed by atoms with van der Waals surface area (Å²) in [5, 5.41) is 5.41. The smallest absolute Gasteiger partial charge is 0.221 e.